The van der Waals surface area contributed by atoms with Crippen LogP contribution >= 0.6 is 23.2 Å². The van der Waals surface area contributed by atoms with Crippen molar-refractivity contribution in [2.45, 2.75) is 38.3 Å². The Balaban J connectivity index is 1.94. The molecule has 1 amide bonds. The summed E-state index contributed by atoms with van der Waals surface area (Å²) in [6, 6.07) is 2.76. The molecule has 1 fully saturated rings. The normalized spacial score (nSPS) is 16.1. The van der Waals surface area contributed by atoms with E-state index in [2.05, 4.69) is 11.3 Å². The number of sulfonamides is 1. The Hall–Kier alpha value is -1.32. The van der Waals surface area contributed by atoms with Crippen molar-refractivity contribution >= 4 is 39.1 Å². The zero-order chi connectivity index (χ0) is 21.1. The van der Waals surface area contributed by atoms with E-state index in [-0.39, 0.29) is 29.3 Å². The number of hydrogen-bond acceptors (Lipinski definition) is 5. The molecule has 1 heterocycles. The number of hydrogen-bond donors (Lipinski definition) is 2. The standard InChI is InChI=1S/C18H24Cl2N2O5S/c1-4-28(25,26)21-12-5-7-22(8-6-12)17(23)11-27-16-9-13(18(2,3)24)14(19)10-15(16)20/h4,9-10,12,21,24H,1,5-8,11H2,2-3H3. The molecule has 7 nitrogen and oxygen atoms in total. The second kappa shape index (κ2) is 9.00. The van der Waals surface area contributed by atoms with Crippen LogP contribution in [-0.2, 0) is 20.4 Å². The summed E-state index contributed by atoms with van der Waals surface area (Å²) in [5, 5.41) is 11.6. The fourth-order valence-electron chi connectivity index (χ4n) is 2.87. The van der Waals surface area contributed by atoms with Crippen molar-refractivity contribution in [1.82, 2.24) is 9.62 Å². The molecule has 0 saturated carbocycles. The molecular formula is C18H24Cl2N2O5S. The van der Waals surface area contributed by atoms with E-state index in [9.17, 15) is 18.3 Å². The third-order valence-corrected chi connectivity index (χ3v) is 6.14. The van der Waals surface area contributed by atoms with Crippen molar-refractivity contribution < 1.29 is 23.1 Å². The van der Waals surface area contributed by atoms with Gasteiger partial charge in [-0.25, -0.2) is 13.1 Å². The molecule has 0 aromatic heterocycles. The third-order valence-electron chi connectivity index (χ3n) is 4.43. The number of likely N-dealkylation sites (tertiary alicyclic amines) is 1. The van der Waals surface area contributed by atoms with Gasteiger partial charge in [-0.15, -0.1) is 0 Å². The number of ether oxygens (including phenoxy) is 1. The fourth-order valence-corrected chi connectivity index (χ4v) is 4.33. The van der Waals surface area contributed by atoms with Gasteiger partial charge in [0.25, 0.3) is 5.91 Å². The largest absolute Gasteiger partial charge is 0.482 e. The van der Waals surface area contributed by atoms with Crippen LogP contribution in [-0.4, -0.2) is 50.1 Å². The zero-order valence-electron chi connectivity index (χ0n) is 15.7. The zero-order valence-corrected chi connectivity index (χ0v) is 18.1. The summed E-state index contributed by atoms with van der Waals surface area (Å²) in [4.78, 5) is 14.0. The van der Waals surface area contributed by atoms with Gasteiger partial charge in [-0.05, 0) is 38.8 Å². The summed E-state index contributed by atoms with van der Waals surface area (Å²) < 4.78 is 31.1. The number of carbonyl (C=O) groups excluding carboxylic acids is 1. The summed E-state index contributed by atoms with van der Waals surface area (Å²) in [5.74, 6) is 0.0195. The summed E-state index contributed by atoms with van der Waals surface area (Å²) in [7, 11) is -3.49. The predicted molar refractivity (Wildman–Crippen MR) is 109 cm³/mol. The Morgan fingerprint density at radius 2 is 1.96 bits per heavy atom. The molecule has 0 spiro atoms. The minimum atomic E-state index is -3.49. The summed E-state index contributed by atoms with van der Waals surface area (Å²) in [6.07, 6.45) is 1.01. The van der Waals surface area contributed by atoms with E-state index in [1.807, 2.05) is 0 Å². The maximum absolute atomic E-state index is 12.4. The van der Waals surface area contributed by atoms with Crippen LogP contribution in [0.2, 0.25) is 10.0 Å². The van der Waals surface area contributed by atoms with E-state index in [4.69, 9.17) is 27.9 Å². The molecule has 0 bridgehead atoms. The maximum Gasteiger partial charge on any atom is 0.260 e. The van der Waals surface area contributed by atoms with E-state index in [1.54, 1.807) is 18.7 Å². The van der Waals surface area contributed by atoms with Crippen LogP contribution in [0.1, 0.15) is 32.3 Å². The van der Waals surface area contributed by atoms with E-state index < -0.39 is 15.6 Å². The van der Waals surface area contributed by atoms with Crippen LogP contribution in [0.4, 0.5) is 0 Å². The lowest BCUT2D eigenvalue weighted by atomic mass is 9.98. The number of halogens is 2. The van der Waals surface area contributed by atoms with E-state index >= 15 is 0 Å². The Labute approximate surface area is 175 Å². The molecular weight excluding hydrogens is 427 g/mol. The molecule has 1 aliphatic heterocycles. The second-order valence-electron chi connectivity index (χ2n) is 7.09. The highest BCUT2D eigenvalue weighted by atomic mass is 35.5. The first-order valence-electron chi connectivity index (χ1n) is 8.70. The Morgan fingerprint density at radius 1 is 1.36 bits per heavy atom. The molecule has 2 rings (SSSR count). The minimum absolute atomic E-state index is 0.226. The van der Waals surface area contributed by atoms with Crippen LogP contribution in [0.5, 0.6) is 5.75 Å². The maximum atomic E-state index is 12.4. The Bertz CT molecular complexity index is 844. The number of rotatable bonds is 7. The summed E-state index contributed by atoms with van der Waals surface area (Å²) in [5.41, 5.74) is -0.749. The van der Waals surface area contributed by atoms with Gasteiger partial charge in [0.1, 0.15) is 5.75 Å². The van der Waals surface area contributed by atoms with E-state index in [1.165, 1.54) is 12.1 Å². The number of amides is 1. The van der Waals surface area contributed by atoms with Crippen molar-refractivity contribution in [3.05, 3.63) is 39.7 Å². The molecule has 0 atom stereocenters. The molecule has 0 unspecified atom stereocenters. The first kappa shape index (κ1) is 23.0. The monoisotopic (exact) mass is 450 g/mol. The number of nitrogens with zero attached hydrogens (tertiary/aromatic N) is 1. The number of nitrogens with one attached hydrogen (secondary N) is 1. The lowest BCUT2D eigenvalue weighted by Crippen LogP contribution is -2.47. The lowest BCUT2D eigenvalue weighted by molar-refractivity contribution is -0.134. The molecule has 10 heteroatoms. The van der Waals surface area contributed by atoms with E-state index in [0.717, 1.165) is 5.41 Å². The third kappa shape index (κ3) is 6.09. The highest BCUT2D eigenvalue weighted by molar-refractivity contribution is 7.92. The molecule has 1 saturated heterocycles. The van der Waals surface area contributed by atoms with Gasteiger partial charge in [0.15, 0.2) is 6.61 Å². The molecule has 0 radical (unpaired) electrons. The molecule has 2 N–H and O–H groups in total. The van der Waals surface area contributed by atoms with Gasteiger partial charge < -0.3 is 14.7 Å². The molecule has 156 valence electrons. The first-order valence-corrected chi connectivity index (χ1v) is 11.0. The highest BCUT2D eigenvalue weighted by Crippen LogP contribution is 2.36. The SMILES string of the molecule is C=CS(=O)(=O)NC1CCN(C(=O)COc2cc(C(C)(C)O)c(Cl)cc2Cl)CC1. The average Bonchev–Trinajstić information content (AvgIpc) is 2.60. The van der Waals surface area contributed by atoms with Gasteiger partial charge in [0.2, 0.25) is 10.0 Å². The molecule has 0 aliphatic carbocycles. The molecule has 28 heavy (non-hydrogen) atoms. The van der Waals surface area contributed by atoms with Crippen molar-refractivity contribution in [2.75, 3.05) is 19.7 Å². The van der Waals surface area contributed by atoms with Crippen molar-refractivity contribution in [3.63, 3.8) is 0 Å². The van der Waals surface area contributed by atoms with Crippen LogP contribution in [0.3, 0.4) is 0 Å². The fraction of sp³-hybridized carbons (Fsp3) is 0.500. The van der Waals surface area contributed by atoms with Crippen LogP contribution < -0.4 is 9.46 Å². The number of carbonyl (C=O) groups is 1. The predicted octanol–water partition coefficient (Wildman–Crippen LogP) is 2.65. The second-order valence-corrected chi connectivity index (χ2v) is 9.57. The van der Waals surface area contributed by atoms with Gasteiger partial charge in [-0.2, -0.15) is 0 Å². The quantitative estimate of drug-likeness (QED) is 0.665. The van der Waals surface area contributed by atoms with Crippen molar-refractivity contribution in [2.24, 2.45) is 0 Å². The van der Waals surface area contributed by atoms with Crippen molar-refractivity contribution in [3.8, 4) is 5.75 Å². The molecule has 1 aromatic rings. The number of aliphatic hydroxyl groups is 1. The number of benzene rings is 1. The summed E-state index contributed by atoms with van der Waals surface area (Å²) in [6.45, 7) is 7.03. The van der Waals surface area contributed by atoms with Gasteiger partial charge in [0.05, 0.1) is 10.6 Å². The van der Waals surface area contributed by atoms with Gasteiger partial charge in [-0.1, -0.05) is 29.8 Å². The smallest absolute Gasteiger partial charge is 0.260 e. The Kier molecular flexibility index (Phi) is 7.38. The average molecular weight is 451 g/mol. The number of piperidine rings is 1. The topological polar surface area (TPSA) is 95.9 Å². The minimum Gasteiger partial charge on any atom is -0.482 e. The van der Waals surface area contributed by atoms with E-state index in [0.29, 0.717) is 36.5 Å². The van der Waals surface area contributed by atoms with Gasteiger partial charge >= 0.3 is 0 Å². The highest BCUT2D eigenvalue weighted by Gasteiger charge is 2.26. The molecule has 1 aromatic carbocycles. The summed E-state index contributed by atoms with van der Waals surface area (Å²) >= 11 is 12.2. The van der Waals surface area contributed by atoms with Gasteiger partial charge in [0, 0.05) is 35.1 Å². The first-order chi connectivity index (χ1) is 12.9. The van der Waals surface area contributed by atoms with Crippen LogP contribution in [0.25, 0.3) is 0 Å². The Morgan fingerprint density at radius 3 is 2.50 bits per heavy atom. The molecule has 1 aliphatic rings. The van der Waals surface area contributed by atoms with Crippen LogP contribution in [0.15, 0.2) is 24.1 Å². The van der Waals surface area contributed by atoms with Crippen molar-refractivity contribution in [1.29, 1.82) is 0 Å². The lowest BCUT2D eigenvalue weighted by Gasteiger charge is -2.32. The van der Waals surface area contributed by atoms with Crippen LogP contribution in [0, 0.1) is 0 Å². The van der Waals surface area contributed by atoms with Gasteiger partial charge in [-0.3, -0.25) is 4.79 Å².